The Morgan fingerprint density at radius 2 is 1.72 bits per heavy atom. The minimum absolute atomic E-state index is 0. The van der Waals surface area contributed by atoms with Crippen LogP contribution in [-0.4, -0.2) is 73.4 Å². The number of benzene rings is 1. The Bertz CT molecular complexity index is 800. The second-order valence-corrected chi connectivity index (χ2v) is 7.26. The average Bonchev–Trinajstić information content (AvgIpc) is 2.83. The van der Waals surface area contributed by atoms with Gasteiger partial charge in [0.05, 0.1) is 26.4 Å². The second kappa shape index (κ2) is 15.0. The highest BCUT2D eigenvalue weighted by Gasteiger charge is 2.21. The van der Waals surface area contributed by atoms with Gasteiger partial charge in [0.25, 0.3) is 0 Å². The largest absolute Gasteiger partial charge is 0.379 e. The van der Waals surface area contributed by atoms with Crippen LogP contribution in [0.1, 0.15) is 25.0 Å². The summed E-state index contributed by atoms with van der Waals surface area (Å²) in [6, 6.07) is 10.3. The zero-order valence-corrected chi connectivity index (χ0v) is 21.4. The molecule has 1 N–H and O–H groups in total. The normalized spacial score (nSPS) is 14.2. The number of nitrogens with zero attached hydrogens (tertiary/aromatic N) is 5. The van der Waals surface area contributed by atoms with Crippen LogP contribution in [0.3, 0.4) is 0 Å². The van der Waals surface area contributed by atoms with Gasteiger partial charge in [0.2, 0.25) is 5.95 Å². The molecule has 0 radical (unpaired) electrons. The lowest BCUT2D eigenvalue weighted by Gasteiger charge is -2.36. The number of aromatic nitrogens is 2. The average molecular weight is 554 g/mol. The van der Waals surface area contributed by atoms with E-state index in [0.29, 0.717) is 26.4 Å². The highest BCUT2D eigenvalue weighted by molar-refractivity contribution is 14.0. The van der Waals surface area contributed by atoms with Crippen molar-refractivity contribution in [2.75, 3.05) is 57.4 Å². The number of anilines is 1. The molecule has 0 bridgehead atoms. The van der Waals surface area contributed by atoms with Crippen LogP contribution in [0.25, 0.3) is 0 Å². The molecule has 1 fully saturated rings. The number of nitrogens with one attached hydrogen (secondary N) is 1. The number of piperazine rings is 1. The third-order valence-corrected chi connectivity index (χ3v) is 5.00. The standard InChI is InChI=1S/C23H34N6O2.HI/c1-3-24-22(28-11-13-29(14-12-28)23-25-9-6-10-26-23)27-18-20-7-5-8-21(17-20)19-31-16-15-30-4-2;/h5-10,17H,3-4,11-16,18-19H2,1-2H3,(H,24,27);1H. The maximum Gasteiger partial charge on any atom is 0.225 e. The molecule has 0 unspecified atom stereocenters. The molecular weight excluding hydrogens is 519 g/mol. The topological polar surface area (TPSA) is 75.1 Å². The highest BCUT2D eigenvalue weighted by Crippen LogP contribution is 2.11. The minimum atomic E-state index is 0. The third kappa shape index (κ3) is 8.51. The molecule has 2 heterocycles. The van der Waals surface area contributed by atoms with Crippen molar-refractivity contribution < 1.29 is 9.47 Å². The van der Waals surface area contributed by atoms with Crippen molar-refractivity contribution in [2.45, 2.75) is 27.0 Å². The molecule has 32 heavy (non-hydrogen) atoms. The highest BCUT2D eigenvalue weighted by atomic mass is 127. The van der Waals surface area contributed by atoms with E-state index in [1.54, 1.807) is 12.4 Å². The molecule has 1 aliphatic rings. The molecular formula is C23H35IN6O2. The van der Waals surface area contributed by atoms with Gasteiger partial charge in [-0.2, -0.15) is 0 Å². The van der Waals surface area contributed by atoms with E-state index in [4.69, 9.17) is 14.5 Å². The lowest BCUT2D eigenvalue weighted by molar-refractivity contribution is 0.0453. The first-order chi connectivity index (χ1) is 15.3. The molecule has 176 valence electrons. The predicted molar refractivity (Wildman–Crippen MR) is 139 cm³/mol. The van der Waals surface area contributed by atoms with Crippen molar-refractivity contribution >= 4 is 35.9 Å². The molecule has 0 atom stereocenters. The van der Waals surface area contributed by atoms with Crippen LogP contribution in [0.4, 0.5) is 5.95 Å². The van der Waals surface area contributed by atoms with Crippen molar-refractivity contribution in [2.24, 2.45) is 4.99 Å². The first-order valence-corrected chi connectivity index (χ1v) is 11.1. The number of guanidine groups is 1. The van der Waals surface area contributed by atoms with E-state index in [1.165, 1.54) is 5.56 Å². The summed E-state index contributed by atoms with van der Waals surface area (Å²) in [5, 5.41) is 3.43. The number of aliphatic imine (C=N–C) groups is 1. The molecule has 1 aliphatic heterocycles. The zero-order valence-electron chi connectivity index (χ0n) is 19.1. The molecule has 2 aromatic rings. The Hall–Kier alpha value is -1.98. The Morgan fingerprint density at radius 3 is 2.44 bits per heavy atom. The summed E-state index contributed by atoms with van der Waals surface area (Å²) in [5.74, 6) is 1.75. The van der Waals surface area contributed by atoms with Gasteiger partial charge in [0, 0.05) is 51.7 Å². The van der Waals surface area contributed by atoms with E-state index in [1.807, 2.05) is 13.0 Å². The maximum absolute atomic E-state index is 5.69. The molecule has 0 amide bonds. The summed E-state index contributed by atoms with van der Waals surface area (Å²) in [5.41, 5.74) is 2.34. The lowest BCUT2D eigenvalue weighted by atomic mass is 10.1. The van der Waals surface area contributed by atoms with Gasteiger partial charge in [-0.15, -0.1) is 24.0 Å². The monoisotopic (exact) mass is 554 g/mol. The Balaban J connectivity index is 0.00000363. The fourth-order valence-corrected chi connectivity index (χ4v) is 3.43. The van der Waals surface area contributed by atoms with E-state index in [2.05, 4.69) is 56.3 Å². The Morgan fingerprint density at radius 1 is 1.00 bits per heavy atom. The molecule has 9 heteroatoms. The van der Waals surface area contributed by atoms with Crippen LogP contribution in [0, 0.1) is 0 Å². The quantitative estimate of drug-likeness (QED) is 0.210. The van der Waals surface area contributed by atoms with Gasteiger partial charge >= 0.3 is 0 Å². The number of rotatable bonds is 10. The summed E-state index contributed by atoms with van der Waals surface area (Å²) in [6.07, 6.45) is 3.58. The van der Waals surface area contributed by atoms with Crippen LogP contribution >= 0.6 is 24.0 Å². The first-order valence-electron chi connectivity index (χ1n) is 11.1. The summed E-state index contributed by atoms with van der Waals surface area (Å²) < 4.78 is 11.0. The number of halogens is 1. The van der Waals surface area contributed by atoms with E-state index < -0.39 is 0 Å². The molecule has 0 saturated carbocycles. The molecule has 1 saturated heterocycles. The Kier molecular flexibility index (Phi) is 12.3. The third-order valence-electron chi connectivity index (χ3n) is 5.00. The Labute approximate surface area is 208 Å². The van der Waals surface area contributed by atoms with Gasteiger partial charge in [-0.25, -0.2) is 15.0 Å². The van der Waals surface area contributed by atoms with Gasteiger partial charge < -0.3 is 24.6 Å². The van der Waals surface area contributed by atoms with Gasteiger partial charge in [-0.05, 0) is 31.0 Å². The molecule has 1 aromatic carbocycles. The van der Waals surface area contributed by atoms with Crippen LogP contribution in [0.15, 0.2) is 47.7 Å². The van der Waals surface area contributed by atoms with Crippen molar-refractivity contribution in [1.29, 1.82) is 0 Å². The molecule has 0 spiro atoms. The molecule has 0 aliphatic carbocycles. The fraction of sp³-hybridized carbons (Fsp3) is 0.522. The summed E-state index contributed by atoms with van der Waals surface area (Å²) in [4.78, 5) is 18.1. The molecule has 1 aromatic heterocycles. The van der Waals surface area contributed by atoms with Crippen LogP contribution in [-0.2, 0) is 22.6 Å². The lowest BCUT2D eigenvalue weighted by Crippen LogP contribution is -2.52. The fourth-order valence-electron chi connectivity index (χ4n) is 3.43. The first kappa shape index (κ1) is 26.3. The predicted octanol–water partition coefficient (Wildman–Crippen LogP) is 2.94. The van der Waals surface area contributed by atoms with Crippen molar-refractivity contribution in [3.8, 4) is 0 Å². The molecule has 8 nitrogen and oxygen atoms in total. The van der Waals surface area contributed by atoms with Crippen molar-refractivity contribution in [1.82, 2.24) is 20.2 Å². The summed E-state index contributed by atoms with van der Waals surface area (Å²) >= 11 is 0. The van der Waals surface area contributed by atoms with E-state index in [9.17, 15) is 0 Å². The number of hydrogen-bond donors (Lipinski definition) is 1. The van der Waals surface area contributed by atoms with Crippen molar-refractivity contribution in [3.63, 3.8) is 0 Å². The summed E-state index contributed by atoms with van der Waals surface area (Å²) in [7, 11) is 0. The smallest absolute Gasteiger partial charge is 0.225 e. The van der Waals surface area contributed by atoms with E-state index >= 15 is 0 Å². The van der Waals surface area contributed by atoms with Crippen LogP contribution < -0.4 is 10.2 Å². The van der Waals surface area contributed by atoms with Crippen LogP contribution in [0.2, 0.25) is 0 Å². The SMILES string of the molecule is CCNC(=NCc1cccc(COCCOCC)c1)N1CCN(c2ncccn2)CC1.I. The van der Waals surface area contributed by atoms with Crippen molar-refractivity contribution in [3.05, 3.63) is 53.9 Å². The zero-order chi connectivity index (χ0) is 21.7. The second-order valence-electron chi connectivity index (χ2n) is 7.26. The van der Waals surface area contributed by atoms with E-state index in [0.717, 1.165) is 56.8 Å². The maximum atomic E-state index is 5.69. The van der Waals surface area contributed by atoms with Gasteiger partial charge in [-0.1, -0.05) is 24.3 Å². The van der Waals surface area contributed by atoms with Gasteiger partial charge in [0.15, 0.2) is 5.96 Å². The number of ether oxygens (including phenoxy) is 2. The van der Waals surface area contributed by atoms with E-state index in [-0.39, 0.29) is 24.0 Å². The molecule has 3 rings (SSSR count). The summed E-state index contributed by atoms with van der Waals surface area (Å²) in [6.45, 7) is 11.7. The van der Waals surface area contributed by atoms with Crippen LogP contribution in [0.5, 0.6) is 0 Å². The van der Waals surface area contributed by atoms with Gasteiger partial charge in [0.1, 0.15) is 0 Å². The van der Waals surface area contributed by atoms with Gasteiger partial charge in [-0.3, -0.25) is 0 Å². The number of hydrogen-bond acceptors (Lipinski definition) is 6. The minimum Gasteiger partial charge on any atom is -0.379 e.